The van der Waals surface area contributed by atoms with Gasteiger partial charge in [0.25, 0.3) is 0 Å². The number of carbonyl (C=O) groups is 2. The largest absolute Gasteiger partial charge is 0.465 e. The Morgan fingerprint density at radius 1 is 1.05 bits per heavy atom. The predicted octanol–water partition coefficient (Wildman–Crippen LogP) is 5.73. The molecular formula is C25H23F7N2O4. The summed E-state index contributed by atoms with van der Waals surface area (Å²) in [4.78, 5) is 25.6. The minimum absolute atomic E-state index is 0.0220. The van der Waals surface area contributed by atoms with Gasteiger partial charge >= 0.3 is 18.4 Å². The number of fused-ring (bicyclic) bond motifs is 1. The Hall–Kier alpha value is -3.35. The zero-order chi connectivity index (χ0) is 28.0. The van der Waals surface area contributed by atoms with E-state index in [0.29, 0.717) is 17.7 Å². The van der Waals surface area contributed by atoms with Crippen LogP contribution in [0, 0.1) is 5.82 Å². The highest BCUT2D eigenvalue weighted by molar-refractivity contribution is 5.79. The number of alkyl halides is 6. The van der Waals surface area contributed by atoms with Crippen LogP contribution in [-0.4, -0.2) is 46.7 Å². The molecule has 0 radical (unpaired) electrons. The van der Waals surface area contributed by atoms with E-state index >= 15 is 0 Å². The molecule has 206 valence electrons. The van der Waals surface area contributed by atoms with E-state index in [1.54, 1.807) is 0 Å². The molecule has 5 atom stereocenters. The van der Waals surface area contributed by atoms with Crippen LogP contribution >= 0.6 is 0 Å². The Morgan fingerprint density at radius 2 is 1.63 bits per heavy atom. The van der Waals surface area contributed by atoms with Crippen molar-refractivity contribution in [3.63, 3.8) is 0 Å². The topological polar surface area (TPSA) is 78.9 Å². The summed E-state index contributed by atoms with van der Waals surface area (Å²) in [7, 11) is 0. The number of piperidine rings is 1. The molecule has 38 heavy (non-hydrogen) atoms. The number of carboxylic acid groups (broad SMARTS) is 1. The van der Waals surface area contributed by atoms with Crippen LogP contribution in [0.2, 0.25) is 0 Å². The highest BCUT2D eigenvalue weighted by Gasteiger charge is 2.51. The maximum atomic E-state index is 13.6. The molecule has 2 aliphatic rings. The molecule has 2 fully saturated rings. The molecule has 2 heterocycles. The zero-order valence-corrected chi connectivity index (χ0v) is 19.8. The van der Waals surface area contributed by atoms with Crippen LogP contribution in [0.25, 0.3) is 0 Å². The lowest BCUT2D eigenvalue weighted by Crippen LogP contribution is -2.56. The Balaban J connectivity index is 1.72. The maximum absolute atomic E-state index is 13.6. The number of hydrogen-bond acceptors (Lipinski definition) is 3. The summed E-state index contributed by atoms with van der Waals surface area (Å²) < 4.78 is 99.9. The second kappa shape index (κ2) is 10.1. The van der Waals surface area contributed by atoms with Gasteiger partial charge in [0.05, 0.1) is 35.4 Å². The molecular weight excluding hydrogens is 525 g/mol. The van der Waals surface area contributed by atoms with Crippen LogP contribution in [0.4, 0.5) is 35.5 Å². The smallest absolute Gasteiger partial charge is 0.416 e. The summed E-state index contributed by atoms with van der Waals surface area (Å²) in [5, 5.41) is 11.7. The molecule has 0 aromatic heterocycles. The fourth-order valence-corrected chi connectivity index (χ4v) is 5.27. The number of carbonyl (C=O) groups excluding carboxylic acids is 1. The van der Waals surface area contributed by atoms with E-state index in [9.17, 15) is 45.4 Å². The first-order valence-corrected chi connectivity index (χ1v) is 11.6. The van der Waals surface area contributed by atoms with Gasteiger partial charge in [0, 0.05) is 18.9 Å². The molecule has 13 heteroatoms. The molecule has 2 aromatic rings. The first-order chi connectivity index (χ1) is 17.6. The van der Waals surface area contributed by atoms with Crippen molar-refractivity contribution < 1.29 is 50.2 Å². The van der Waals surface area contributed by atoms with Crippen LogP contribution in [-0.2, 0) is 21.9 Å². The Morgan fingerprint density at radius 3 is 2.16 bits per heavy atom. The number of rotatable bonds is 5. The molecule has 0 bridgehead atoms. The molecule has 2 aliphatic heterocycles. The third-order valence-electron chi connectivity index (χ3n) is 6.93. The molecule has 2 aromatic carbocycles. The van der Waals surface area contributed by atoms with E-state index in [1.165, 1.54) is 24.0 Å². The molecule has 2 saturated heterocycles. The average Bonchev–Trinajstić information content (AvgIpc) is 3.20. The van der Waals surface area contributed by atoms with Crippen molar-refractivity contribution in [3.8, 4) is 0 Å². The molecule has 0 spiro atoms. The summed E-state index contributed by atoms with van der Waals surface area (Å²) in [6, 6.07) is 4.85. The average molecular weight is 548 g/mol. The van der Waals surface area contributed by atoms with Crippen LogP contribution in [0.3, 0.4) is 0 Å². The number of benzene rings is 2. The number of hydrogen-bond donors (Lipinski definition) is 2. The van der Waals surface area contributed by atoms with Crippen molar-refractivity contribution in [2.45, 2.75) is 62.3 Å². The van der Waals surface area contributed by atoms with Crippen molar-refractivity contribution in [3.05, 3.63) is 70.5 Å². The number of ether oxygens (including phenoxy) is 1. The van der Waals surface area contributed by atoms with E-state index in [-0.39, 0.29) is 36.9 Å². The minimum Gasteiger partial charge on any atom is -0.465 e. The monoisotopic (exact) mass is 548 g/mol. The molecule has 1 unspecified atom stereocenters. The van der Waals surface area contributed by atoms with Gasteiger partial charge < -0.3 is 20.1 Å². The van der Waals surface area contributed by atoms with E-state index < -0.39 is 65.6 Å². The third kappa shape index (κ3) is 5.71. The van der Waals surface area contributed by atoms with Crippen LogP contribution in [0.5, 0.6) is 0 Å². The van der Waals surface area contributed by atoms with Gasteiger partial charge in [-0.15, -0.1) is 0 Å². The first-order valence-electron chi connectivity index (χ1n) is 11.6. The second-order valence-corrected chi connectivity index (χ2v) is 9.36. The minimum atomic E-state index is -5.04. The van der Waals surface area contributed by atoms with Gasteiger partial charge in [-0.25, -0.2) is 9.18 Å². The van der Waals surface area contributed by atoms with Gasteiger partial charge in [-0.2, -0.15) is 26.3 Å². The van der Waals surface area contributed by atoms with Crippen LogP contribution < -0.4 is 5.32 Å². The lowest BCUT2D eigenvalue weighted by Gasteiger charge is -2.39. The number of halogens is 7. The molecule has 6 nitrogen and oxygen atoms in total. The molecule has 0 saturated carbocycles. The maximum Gasteiger partial charge on any atom is 0.416 e. The zero-order valence-electron chi connectivity index (χ0n) is 19.8. The SMILES string of the molecule is C[C@@H](O[C@H]1CN2C(=O)CCC(NC(=O)O)[C@@H]2[C@@H]1c1ccc(F)cc1)c1cc(C(F)(F)F)cc(C(F)(F)F)c1. The van der Waals surface area contributed by atoms with Crippen molar-refractivity contribution in [2.24, 2.45) is 0 Å². The van der Waals surface area contributed by atoms with Gasteiger partial charge in [0.1, 0.15) is 5.82 Å². The van der Waals surface area contributed by atoms with Gasteiger partial charge in [0.15, 0.2) is 0 Å². The van der Waals surface area contributed by atoms with Crippen molar-refractivity contribution >= 4 is 12.0 Å². The normalized spacial score (nSPS) is 24.7. The van der Waals surface area contributed by atoms with Gasteiger partial charge in [-0.05, 0) is 54.8 Å². The van der Waals surface area contributed by atoms with Crippen molar-refractivity contribution in [1.82, 2.24) is 10.2 Å². The fourth-order valence-electron chi connectivity index (χ4n) is 5.27. The number of amides is 2. The Bertz CT molecular complexity index is 1170. The Labute approximate surface area is 212 Å². The fraction of sp³-hybridized carbons (Fsp3) is 0.440. The summed E-state index contributed by atoms with van der Waals surface area (Å²) in [6.07, 6.45) is -13.4. The first kappa shape index (κ1) is 27.7. The summed E-state index contributed by atoms with van der Waals surface area (Å²) in [5.41, 5.74) is -2.88. The van der Waals surface area contributed by atoms with E-state index in [4.69, 9.17) is 4.74 Å². The van der Waals surface area contributed by atoms with Crippen molar-refractivity contribution in [1.29, 1.82) is 0 Å². The molecule has 2 N–H and O–H groups in total. The standard InChI is InChI=1S/C25H23F7N2O4/c1-12(14-8-15(24(27,28)29)10-16(9-14)25(30,31)32)38-19-11-34-20(35)7-6-18(33-23(36)37)22(34)21(19)13-2-4-17(26)5-3-13/h2-5,8-10,12,18-19,21-22,33H,6-7,11H2,1H3,(H,36,37)/t12-,18?,19+,21-,22-/m1/s1. The second-order valence-electron chi connectivity index (χ2n) is 9.36. The number of nitrogens with one attached hydrogen (secondary N) is 1. The van der Waals surface area contributed by atoms with E-state index in [0.717, 1.165) is 12.1 Å². The van der Waals surface area contributed by atoms with Gasteiger partial charge in [-0.3, -0.25) is 4.79 Å². The third-order valence-corrected chi connectivity index (χ3v) is 6.93. The highest BCUT2D eigenvalue weighted by atomic mass is 19.4. The molecule has 4 rings (SSSR count). The summed E-state index contributed by atoms with van der Waals surface area (Å²) in [5.74, 6) is -1.60. The van der Waals surface area contributed by atoms with Gasteiger partial charge in [0.2, 0.25) is 5.91 Å². The van der Waals surface area contributed by atoms with E-state index in [2.05, 4.69) is 5.32 Å². The van der Waals surface area contributed by atoms with E-state index in [1.807, 2.05) is 0 Å². The number of nitrogens with zero attached hydrogens (tertiary/aromatic N) is 1. The summed E-state index contributed by atoms with van der Waals surface area (Å²) in [6.45, 7) is 1.21. The van der Waals surface area contributed by atoms with Crippen molar-refractivity contribution in [2.75, 3.05) is 6.54 Å². The molecule has 0 aliphatic carbocycles. The lowest BCUT2D eigenvalue weighted by atomic mass is 9.83. The molecule has 2 amide bonds. The Kier molecular flexibility index (Phi) is 7.34. The lowest BCUT2D eigenvalue weighted by molar-refractivity contribution is -0.143. The quantitative estimate of drug-likeness (QED) is 0.468. The van der Waals surface area contributed by atoms with Crippen LogP contribution in [0.1, 0.15) is 54.0 Å². The summed E-state index contributed by atoms with van der Waals surface area (Å²) >= 11 is 0. The highest BCUT2D eigenvalue weighted by Crippen LogP contribution is 2.44. The predicted molar refractivity (Wildman–Crippen MR) is 119 cm³/mol. The van der Waals surface area contributed by atoms with Crippen LogP contribution in [0.15, 0.2) is 42.5 Å². The van der Waals surface area contributed by atoms with Gasteiger partial charge in [-0.1, -0.05) is 12.1 Å².